The van der Waals surface area contributed by atoms with Gasteiger partial charge in [0.25, 0.3) is 0 Å². The Morgan fingerprint density at radius 2 is 2.25 bits per heavy atom. The van der Waals surface area contributed by atoms with Crippen LogP contribution in [0.3, 0.4) is 0 Å². The van der Waals surface area contributed by atoms with E-state index in [1.165, 1.54) is 7.76 Å². The molecule has 0 amide bonds. The Kier molecular flexibility index (Phi) is 5.66. The van der Waals surface area contributed by atoms with Crippen LogP contribution < -0.4 is 15.8 Å². The topological polar surface area (TPSA) is 59.6 Å². The van der Waals surface area contributed by atoms with Crippen LogP contribution in [0.15, 0.2) is 41.4 Å². The number of thiophene rings is 1. The van der Waals surface area contributed by atoms with Gasteiger partial charge in [-0.1, -0.05) is 6.07 Å². The van der Waals surface area contributed by atoms with Crippen molar-refractivity contribution in [2.24, 2.45) is 10.7 Å². The first-order valence-corrected chi connectivity index (χ1v) is 8.02. The molecule has 0 unspecified atom stereocenters. The average molecular weight is 401 g/mol. The van der Waals surface area contributed by atoms with Crippen molar-refractivity contribution >= 4 is 45.6 Å². The zero-order chi connectivity index (χ0) is 14.4. The fraction of sp³-hybridized carbons (Fsp3) is 0.214. The predicted molar refractivity (Wildman–Crippen MR) is 93.8 cm³/mol. The summed E-state index contributed by atoms with van der Waals surface area (Å²) in [5.74, 6) is 1.21. The first-order chi connectivity index (χ1) is 9.67. The molecule has 106 valence electrons. The number of aliphatic imine (C=N–C) groups is 1. The molecule has 20 heavy (non-hydrogen) atoms. The Hall–Kier alpha value is -1.28. The van der Waals surface area contributed by atoms with Crippen molar-refractivity contribution in [3.05, 3.63) is 44.2 Å². The molecule has 1 heterocycles. The zero-order valence-corrected chi connectivity index (χ0v) is 14.1. The van der Waals surface area contributed by atoms with Gasteiger partial charge in [0.15, 0.2) is 5.96 Å². The van der Waals surface area contributed by atoms with Crippen molar-refractivity contribution in [3.8, 4) is 5.75 Å². The van der Waals surface area contributed by atoms with Crippen molar-refractivity contribution in [1.82, 2.24) is 0 Å². The summed E-state index contributed by atoms with van der Waals surface area (Å²) in [5.41, 5.74) is 6.74. The first-order valence-electron chi connectivity index (χ1n) is 6.12. The third-order valence-electron chi connectivity index (χ3n) is 2.61. The predicted octanol–water partition coefficient (Wildman–Crippen LogP) is 3.33. The molecule has 0 spiro atoms. The van der Waals surface area contributed by atoms with Gasteiger partial charge in [-0.05, 0) is 46.9 Å². The van der Waals surface area contributed by atoms with Gasteiger partial charge in [0.2, 0.25) is 0 Å². The lowest BCUT2D eigenvalue weighted by atomic mass is 10.3. The Morgan fingerprint density at radius 3 is 2.95 bits per heavy atom. The van der Waals surface area contributed by atoms with Gasteiger partial charge in [-0.3, -0.25) is 4.99 Å². The van der Waals surface area contributed by atoms with Gasteiger partial charge in [-0.25, -0.2) is 0 Å². The van der Waals surface area contributed by atoms with Gasteiger partial charge < -0.3 is 15.8 Å². The second-order valence-corrected chi connectivity index (χ2v) is 7.14. The highest BCUT2D eigenvalue weighted by molar-refractivity contribution is 14.1. The summed E-state index contributed by atoms with van der Waals surface area (Å²) in [6.07, 6.45) is 0.911. The van der Waals surface area contributed by atoms with Gasteiger partial charge in [-0.15, -0.1) is 11.3 Å². The molecular formula is C14H16IN3OS. The van der Waals surface area contributed by atoms with Crippen LogP contribution >= 0.6 is 33.9 Å². The number of nitrogens with one attached hydrogen (secondary N) is 1. The summed E-state index contributed by atoms with van der Waals surface area (Å²) in [6.45, 7) is 0.680. The van der Waals surface area contributed by atoms with E-state index in [1.54, 1.807) is 18.4 Å². The van der Waals surface area contributed by atoms with E-state index in [0.29, 0.717) is 12.5 Å². The number of benzene rings is 1. The minimum Gasteiger partial charge on any atom is -0.497 e. The van der Waals surface area contributed by atoms with E-state index in [1.807, 2.05) is 24.3 Å². The molecule has 0 saturated carbocycles. The Labute approximate surface area is 136 Å². The molecule has 0 bridgehead atoms. The molecule has 0 aliphatic heterocycles. The number of nitrogens with two attached hydrogens (primary N) is 1. The second kappa shape index (κ2) is 7.49. The molecule has 1 aromatic heterocycles. The fourth-order valence-corrected chi connectivity index (χ4v) is 3.41. The number of halogens is 1. The summed E-state index contributed by atoms with van der Waals surface area (Å²) in [4.78, 5) is 5.65. The number of methoxy groups -OCH3 is 1. The van der Waals surface area contributed by atoms with E-state index in [0.717, 1.165) is 17.9 Å². The molecule has 3 N–H and O–H groups in total. The number of ether oxygens (including phenoxy) is 1. The Bertz CT molecular complexity index is 598. The number of guanidine groups is 1. The van der Waals surface area contributed by atoms with Crippen LogP contribution in [0, 0.1) is 2.88 Å². The van der Waals surface area contributed by atoms with E-state index in [9.17, 15) is 0 Å². The van der Waals surface area contributed by atoms with Crippen LogP contribution in [0.1, 0.15) is 4.88 Å². The summed E-state index contributed by atoms with van der Waals surface area (Å²) in [5, 5.41) is 3.06. The summed E-state index contributed by atoms with van der Waals surface area (Å²) in [7, 11) is 1.64. The van der Waals surface area contributed by atoms with Crippen LogP contribution in [-0.2, 0) is 6.42 Å². The highest BCUT2D eigenvalue weighted by Gasteiger charge is 1.99. The van der Waals surface area contributed by atoms with Crippen molar-refractivity contribution in [1.29, 1.82) is 0 Å². The molecule has 0 aliphatic carbocycles. The normalized spacial score (nSPS) is 11.4. The molecule has 0 radical (unpaired) electrons. The van der Waals surface area contributed by atoms with Gasteiger partial charge in [0.05, 0.1) is 9.99 Å². The number of rotatable bonds is 5. The van der Waals surface area contributed by atoms with Crippen molar-refractivity contribution < 1.29 is 4.74 Å². The van der Waals surface area contributed by atoms with E-state index >= 15 is 0 Å². The lowest BCUT2D eigenvalue weighted by molar-refractivity contribution is 0.415. The van der Waals surface area contributed by atoms with Crippen LogP contribution in [0.5, 0.6) is 5.75 Å². The first kappa shape index (κ1) is 15.1. The molecule has 4 nitrogen and oxygen atoms in total. The largest absolute Gasteiger partial charge is 0.497 e. The maximum absolute atomic E-state index is 5.87. The smallest absolute Gasteiger partial charge is 0.193 e. The number of nitrogens with zero attached hydrogens (tertiary/aromatic N) is 1. The van der Waals surface area contributed by atoms with Gasteiger partial charge in [0.1, 0.15) is 5.75 Å². The summed E-state index contributed by atoms with van der Waals surface area (Å²) < 4.78 is 6.45. The van der Waals surface area contributed by atoms with Crippen molar-refractivity contribution in [2.75, 3.05) is 19.0 Å². The fourth-order valence-electron chi connectivity index (χ4n) is 1.66. The van der Waals surface area contributed by atoms with E-state index in [-0.39, 0.29) is 0 Å². The lowest BCUT2D eigenvalue weighted by Crippen LogP contribution is -2.23. The molecule has 1 aromatic carbocycles. The third kappa shape index (κ3) is 4.68. The van der Waals surface area contributed by atoms with Gasteiger partial charge >= 0.3 is 0 Å². The SMILES string of the molecule is COc1cccc(NC(N)=NCCc2ccc(I)s2)c1. The molecule has 0 aliphatic rings. The monoisotopic (exact) mass is 401 g/mol. The van der Waals surface area contributed by atoms with Crippen LogP contribution in [0.25, 0.3) is 0 Å². The van der Waals surface area contributed by atoms with Crippen molar-refractivity contribution in [3.63, 3.8) is 0 Å². The van der Waals surface area contributed by atoms with E-state index in [4.69, 9.17) is 10.5 Å². The van der Waals surface area contributed by atoms with E-state index in [2.05, 4.69) is 45.0 Å². The quantitative estimate of drug-likeness (QED) is 0.459. The molecule has 2 aromatic rings. The van der Waals surface area contributed by atoms with Crippen LogP contribution in [-0.4, -0.2) is 19.6 Å². The van der Waals surface area contributed by atoms with Crippen LogP contribution in [0.4, 0.5) is 5.69 Å². The van der Waals surface area contributed by atoms with E-state index < -0.39 is 0 Å². The maximum Gasteiger partial charge on any atom is 0.193 e. The minimum absolute atomic E-state index is 0.421. The highest BCUT2D eigenvalue weighted by Crippen LogP contribution is 2.19. The number of anilines is 1. The lowest BCUT2D eigenvalue weighted by Gasteiger charge is -2.07. The third-order valence-corrected chi connectivity index (χ3v) is 4.57. The molecule has 0 fully saturated rings. The average Bonchev–Trinajstić information content (AvgIpc) is 2.84. The molecule has 2 rings (SSSR count). The van der Waals surface area contributed by atoms with Crippen molar-refractivity contribution in [2.45, 2.75) is 6.42 Å². The van der Waals surface area contributed by atoms with Gasteiger partial charge in [-0.2, -0.15) is 0 Å². The summed E-state index contributed by atoms with van der Waals surface area (Å²) in [6, 6.07) is 11.8. The minimum atomic E-state index is 0.421. The second-order valence-electron chi connectivity index (χ2n) is 4.08. The summed E-state index contributed by atoms with van der Waals surface area (Å²) >= 11 is 4.11. The Balaban J connectivity index is 1.87. The van der Waals surface area contributed by atoms with Gasteiger partial charge in [0, 0.05) is 29.6 Å². The standard InChI is InChI=1S/C14H16IN3OS/c1-19-11-4-2-3-10(9-11)18-14(16)17-8-7-12-5-6-13(15)20-12/h2-6,9H,7-8H2,1H3,(H3,16,17,18). The Morgan fingerprint density at radius 1 is 1.40 bits per heavy atom. The van der Waals surface area contributed by atoms with Crippen LogP contribution in [0.2, 0.25) is 0 Å². The maximum atomic E-state index is 5.87. The highest BCUT2D eigenvalue weighted by atomic mass is 127. The zero-order valence-electron chi connectivity index (χ0n) is 11.1. The molecular weight excluding hydrogens is 385 g/mol. The molecule has 0 saturated heterocycles. The number of hydrogen-bond donors (Lipinski definition) is 2. The molecule has 0 atom stereocenters. The molecule has 6 heteroatoms. The number of hydrogen-bond acceptors (Lipinski definition) is 3.